The number of esters is 1. The smallest absolute Gasteiger partial charge is 0.322 e. The average Bonchev–Trinajstić information content (AvgIpc) is 2.37. The summed E-state index contributed by atoms with van der Waals surface area (Å²) in [6.07, 6.45) is 1.02. The van der Waals surface area contributed by atoms with E-state index in [2.05, 4.69) is 30.0 Å². The fourth-order valence-electron chi connectivity index (χ4n) is 2.47. The third-order valence-corrected chi connectivity index (χ3v) is 3.62. The summed E-state index contributed by atoms with van der Waals surface area (Å²) in [6, 6.07) is 6.23. The Balaban J connectivity index is 2.16. The van der Waals surface area contributed by atoms with Crippen molar-refractivity contribution in [2.75, 3.05) is 13.7 Å². The maximum absolute atomic E-state index is 11.5. The third-order valence-electron chi connectivity index (χ3n) is 3.62. The summed E-state index contributed by atoms with van der Waals surface area (Å²) < 4.78 is 4.80. The number of rotatable bonds is 2. The number of fused-ring (bicyclic) bond motifs is 1. The first kappa shape index (κ1) is 12.1. The Bertz CT molecular complexity index is 428. The van der Waals surface area contributed by atoms with E-state index >= 15 is 0 Å². The van der Waals surface area contributed by atoms with Crippen LogP contribution in [0.2, 0.25) is 0 Å². The van der Waals surface area contributed by atoms with Crippen LogP contribution < -0.4 is 0 Å². The number of hydrogen-bond acceptors (Lipinski definition) is 3. The van der Waals surface area contributed by atoms with E-state index in [1.54, 1.807) is 0 Å². The van der Waals surface area contributed by atoms with Crippen LogP contribution in [0, 0.1) is 6.92 Å². The molecule has 0 aliphatic carbocycles. The number of hydrogen-bond donors (Lipinski definition) is 0. The Hall–Kier alpha value is -1.35. The molecule has 0 saturated carbocycles. The van der Waals surface area contributed by atoms with Gasteiger partial charge in [-0.3, -0.25) is 9.69 Å². The summed E-state index contributed by atoms with van der Waals surface area (Å²) in [5, 5.41) is 0. The van der Waals surface area contributed by atoms with E-state index in [1.165, 1.54) is 23.8 Å². The second-order valence-electron chi connectivity index (χ2n) is 4.63. The lowest BCUT2D eigenvalue weighted by molar-refractivity contribution is -0.146. The molecule has 1 atom stereocenters. The molecule has 92 valence electrons. The highest BCUT2D eigenvalue weighted by atomic mass is 16.5. The van der Waals surface area contributed by atoms with Gasteiger partial charge in [-0.2, -0.15) is 0 Å². The number of aryl methyl sites for hydroxylation is 1. The van der Waals surface area contributed by atoms with Crippen molar-refractivity contribution in [3.63, 3.8) is 0 Å². The van der Waals surface area contributed by atoms with E-state index in [0.717, 1.165) is 19.5 Å². The molecule has 0 aromatic heterocycles. The Morgan fingerprint density at radius 3 is 2.94 bits per heavy atom. The summed E-state index contributed by atoms with van der Waals surface area (Å²) in [4.78, 5) is 13.7. The highest BCUT2D eigenvalue weighted by molar-refractivity contribution is 5.75. The van der Waals surface area contributed by atoms with Crippen LogP contribution in [-0.2, 0) is 22.5 Å². The third kappa shape index (κ3) is 2.34. The minimum atomic E-state index is -0.159. The van der Waals surface area contributed by atoms with E-state index in [0.29, 0.717) is 0 Å². The van der Waals surface area contributed by atoms with Gasteiger partial charge in [0.2, 0.25) is 0 Å². The lowest BCUT2D eigenvalue weighted by Crippen LogP contribution is -2.42. The first-order chi connectivity index (χ1) is 8.13. The van der Waals surface area contributed by atoms with Crippen molar-refractivity contribution in [2.45, 2.75) is 32.9 Å². The molecule has 0 bridgehead atoms. The van der Waals surface area contributed by atoms with Gasteiger partial charge in [0.15, 0.2) is 0 Å². The zero-order chi connectivity index (χ0) is 12.4. The van der Waals surface area contributed by atoms with Gasteiger partial charge in [-0.25, -0.2) is 0 Å². The lowest BCUT2D eigenvalue weighted by Gasteiger charge is -2.32. The predicted molar refractivity (Wildman–Crippen MR) is 66.8 cm³/mol. The maximum atomic E-state index is 11.5. The molecule has 1 unspecified atom stereocenters. The van der Waals surface area contributed by atoms with Gasteiger partial charge in [-0.1, -0.05) is 18.2 Å². The largest absolute Gasteiger partial charge is 0.468 e. The fourth-order valence-corrected chi connectivity index (χ4v) is 2.47. The molecular formula is C14H19NO2. The second-order valence-corrected chi connectivity index (χ2v) is 4.63. The molecule has 1 aliphatic rings. The first-order valence-electron chi connectivity index (χ1n) is 6.02. The van der Waals surface area contributed by atoms with Crippen LogP contribution >= 0.6 is 0 Å². The van der Waals surface area contributed by atoms with Crippen LogP contribution in [0.15, 0.2) is 18.2 Å². The van der Waals surface area contributed by atoms with E-state index < -0.39 is 0 Å². The molecular weight excluding hydrogens is 214 g/mol. The van der Waals surface area contributed by atoms with Gasteiger partial charge in [-0.05, 0) is 37.0 Å². The molecule has 0 fully saturated rings. The van der Waals surface area contributed by atoms with E-state index in [-0.39, 0.29) is 12.0 Å². The average molecular weight is 233 g/mol. The van der Waals surface area contributed by atoms with Crippen LogP contribution in [0.3, 0.4) is 0 Å². The van der Waals surface area contributed by atoms with Crippen LogP contribution in [-0.4, -0.2) is 30.6 Å². The second kappa shape index (κ2) is 4.88. The minimum absolute atomic E-state index is 0.152. The van der Waals surface area contributed by atoms with Gasteiger partial charge in [0.05, 0.1) is 7.11 Å². The van der Waals surface area contributed by atoms with Gasteiger partial charge in [0, 0.05) is 13.1 Å². The van der Waals surface area contributed by atoms with Crippen molar-refractivity contribution < 1.29 is 9.53 Å². The Labute approximate surface area is 102 Å². The van der Waals surface area contributed by atoms with E-state index in [1.807, 2.05) is 6.92 Å². The van der Waals surface area contributed by atoms with E-state index in [4.69, 9.17) is 4.74 Å². The normalized spacial score (nSPS) is 17.4. The van der Waals surface area contributed by atoms with Gasteiger partial charge in [0.1, 0.15) is 6.04 Å². The van der Waals surface area contributed by atoms with Crippen molar-refractivity contribution in [3.8, 4) is 0 Å². The Morgan fingerprint density at radius 2 is 2.24 bits per heavy atom. The standard InChI is InChI=1S/C14H19NO2/c1-10-5-4-6-12-9-15(8-7-13(10)12)11(2)14(16)17-3/h4-6,11H,7-9H2,1-3H3. The molecule has 2 rings (SSSR count). The minimum Gasteiger partial charge on any atom is -0.468 e. The van der Waals surface area contributed by atoms with Crippen LogP contribution in [0.5, 0.6) is 0 Å². The number of nitrogens with zero attached hydrogens (tertiary/aromatic N) is 1. The molecule has 3 nitrogen and oxygen atoms in total. The SMILES string of the molecule is COC(=O)C(C)N1CCc2c(C)cccc2C1. The number of carbonyl (C=O) groups is 1. The maximum Gasteiger partial charge on any atom is 0.322 e. The van der Waals surface area contributed by atoms with E-state index in [9.17, 15) is 4.79 Å². The van der Waals surface area contributed by atoms with Crippen molar-refractivity contribution >= 4 is 5.97 Å². The highest BCUT2D eigenvalue weighted by Gasteiger charge is 2.26. The molecule has 0 N–H and O–H groups in total. The van der Waals surface area contributed by atoms with Gasteiger partial charge >= 0.3 is 5.97 Å². The molecule has 0 spiro atoms. The summed E-state index contributed by atoms with van der Waals surface area (Å²) >= 11 is 0. The quantitative estimate of drug-likeness (QED) is 0.731. The molecule has 17 heavy (non-hydrogen) atoms. The number of methoxy groups -OCH3 is 1. The van der Waals surface area contributed by atoms with Crippen LogP contribution in [0.4, 0.5) is 0 Å². The van der Waals surface area contributed by atoms with Crippen LogP contribution in [0.1, 0.15) is 23.6 Å². The zero-order valence-electron chi connectivity index (χ0n) is 10.7. The van der Waals surface area contributed by atoms with Gasteiger partial charge in [0.25, 0.3) is 0 Å². The summed E-state index contributed by atoms with van der Waals surface area (Å²) in [5.41, 5.74) is 4.14. The predicted octanol–water partition coefficient (Wildman–Crippen LogP) is 1.91. The van der Waals surface area contributed by atoms with Gasteiger partial charge in [-0.15, -0.1) is 0 Å². The first-order valence-corrected chi connectivity index (χ1v) is 6.02. The van der Waals surface area contributed by atoms with Crippen molar-refractivity contribution in [1.82, 2.24) is 4.90 Å². The molecule has 1 heterocycles. The number of benzene rings is 1. The number of ether oxygens (including phenoxy) is 1. The zero-order valence-corrected chi connectivity index (χ0v) is 10.7. The molecule has 1 aliphatic heterocycles. The topological polar surface area (TPSA) is 29.5 Å². The highest BCUT2D eigenvalue weighted by Crippen LogP contribution is 2.23. The molecule has 3 heteroatoms. The summed E-state index contributed by atoms with van der Waals surface area (Å²) in [5.74, 6) is -0.152. The van der Waals surface area contributed by atoms with Crippen molar-refractivity contribution in [3.05, 3.63) is 34.9 Å². The molecule has 0 amide bonds. The van der Waals surface area contributed by atoms with Crippen molar-refractivity contribution in [1.29, 1.82) is 0 Å². The Kier molecular flexibility index (Phi) is 3.48. The number of carbonyl (C=O) groups excluding carboxylic acids is 1. The summed E-state index contributed by atoms with van der Waals surface area (Å²) in [7, 11) is 1.45. The van der Waals surface area contributed by atoms with Gasteiger partial charge < -0.3 is 4.74 Å². The summed E-state index contributed by atoms with van der Waals surface area (Å²) in [6.45, 7) is 5.83. The Morgan fingerprint density at radius 1 is 1.47 bits per heavy atom. The molecule has 1 aromatic rings. The van der Waals surface area contributed by atoms with Crippen LogP contribution in [0.25, 0.3) is 0 Å². The molecule has 0 radical (unpaired) electrons. The van der Waals surface area contributed by atoms with Crippen molar-refractivity contribution in [2.24, 2.45) is 0 Å². The molecule has 0 saturated heterocycles. The molecule has 1 aromatic carbocycles. The lowest BCUT2D eigenvalue weighted by atomic mass is 9.94. The fraction of sp³-hybridized carbons (Fsp3) is 0.500. The monoisotopic (exact) mass is 233 g/mol.